The van der Waals surface area contributed by atoms with E-state index in [9.17, 15) is 4.79 Å². The number of hydrogen-bond acceptors (Lipinski definition) is 4. The average molecular weight is 364 g/mol. The van der Waals surface area contributed by atoms with Gasteiger partial charge in [0.2, 0.25) is 11.8 Å². The summed E-state index contributed by atoms with van der Waals surface area (Å²) in [6, 6.07) is 10.2. The van der Waals surface area contributed by atoms with E-state index in [2.05, 4.69) is 28.3 Å². The van der Waals surface area contributed by atoms with Crippen molar-refractivity contribution < 1.29 is 9.32 Å². The number of fused-ring (bicyclic) bond motifs is 1. The lowest BCUT2D eigenvalue weighted by molar-refractivity contribution is -0.133. The molecule has 3 heterocycles. The monoisotopic (exact) mass is 364 g/mol. The van der Waals surface area contributed by atoms with Gasteiger partial charge in [0.1, 0.15) is 6.54 Å². The Kier molecular flexibility index (Phi) is 4.19. The topological polar surface area (TPSA) is 64.2 Å². The molecule has 1 amide bonds. The molecule has 27 heavy (non-hydrogen) atoms. The van der Waals surface area contributed by atoms with Crippen LogP contribution in [0.25, 0.3) is 10.9 Å². The first-order chi connectivity index (χ1) is 13.3. The molecule has 6 nitrogen and oxygen atoms in total. The summed E-state index contributed by atoms with van der Waals surface area (Å²) >= 11 is 0. The van der Waals surface area contributed by atoms with Crippen molar-refractivity contribution in [2.75, 3.05) is 13.1 Å². The summed E-state index contributed by atoms with van der Waals surface area (Å²) in [5, 5.41) is 5.28. The Balaban J connectivity index is 1.22. The Morgan fingerprint density at radius 2 is 2.07 bits per heavy atom. The number of piperidine rings is 1. The third-order valence-corrected chi connectivity index (χ3v) is 5.75. The van der Waals surface area contributed by atoms with Gasteiger partial charge in [-0.15, -0.1) is 0 Å². The van der Waals surface area contributed by atoms with Crippen molar-refractivity contribution in [2.24, 2.45) is 5.92 Å². The Morgan fingerprint density at radius 1 is 1.19 bits per heavy atom. The number of aromatic nitrogens is 3. The van der Waals surface area contributed by atoms with Gasteiger partial charge in [-0.3, -0.25) is 4.79 Å². The highest BCUT2D eigenvalue weighted by Gasteiger charge is 2.30. The highest BCUT2D eigenvalue weighted by Crippen LogP contribution is 2.38. The lowest BCUT2D eigenvalue weighted by atomic mass is 9.94. The third-order valence-electron chi connectivity index (χ3n) is 5.75. The second kappa shape index (κ2) is 6.83. The number of benzene rings is 1. The zero-order valence-electron chi connectivity index (χ0n) is 15.4. The quantitative estimate of drug-likeness (QED) is 0.696. The smallest absolute Gasteiger partial charge is 0.242 e. The molecule has 1 saturated heterocycles. The molecule has 0 unspecified atom stereocenters. The molecule has 1 saturated carbocycles. The molecule has 3 aromatic rings. The van der Waals surface area contributed by atoms with E-state index in [1.165, 1.54) is 18.2 Å². The largest absolute Gasteiger partial charge is 0.341 e. The van der Waals surface area contributed by atoms with Crippen LogP contribution in [0.2, 0.25) is 0 Å². The van der Waals surface area contributed by atoms with E-state index in [0.717, 1.165) is 49.6 Å². The highest BCUT2D eigenvalue weighted by atomic mass is 16.5. The molecular weight excluding hydrogens is 340 g/mol. The van der Waals surface area contributed by atoms with Crippen LogP contribution < -0.4 is 0 Å². The molecule has 0 radical (unpaired) electrons. The summed E-state index contributed by atoms with van der Waals surface area (Å²) in [6.45, 7) is 2.01. The molecule has 6 heteroatoms. The first kappa shape index (κ1) is 16.5. The Hall–Kier alpha value is -2.63. The van der Waals surface area contributed by atoms with Gasteiger partial charge in [0.05, 0.1) is 0 Å². The minimum absolute atomic E-state index is 0.185. The predicted molar refractivity (Wildman–Crippen MR) is 101 cm³/mol. The Labute approximate surface area is 158 Å². The van der Waals surface area contributed by atoms with Gasteiger partial charge in [-0.25, -0.2) is 0 Å². The number of para-hydroxylation sites is 1. The van der Waals surface area contributed by atoms with Gasteiger partial charge < -0.3 is 14.0 Å². The zero-order chi connectivity index (χ0) is 18.2. The standard InChI is InChI=1S/C21H24N4O2/c26-20(14-24-11-9-16-5-1-2-6-18(16)24)25-10-3-4-15(13-25)12-19-22-21(23-27-19)17-7-8-17/h1-2,5-6,9,11,15,17H,3-4,7-8,10,12-14H2/t15-/m0/s1. The van der Waals surface area contributed by atoms with E-state index in [1.807, 2.05) is 27.8 Å². The second-order valence-electron chi connectivity index (χ2n) is 7.88. The summed E-state index contributed by atoms with van der Waals surface area (Å²) in [6.07, 6.45) is 7.28. The Bertz CT molecular complexity index is 956. The minimum Gasteiger partial charge on any atom is -0.341 e. The van der Waals surface area contributed by atoms with Crippen LogP contribution in [0, 0.1) is 5.92 Å². The molecule has 2 aromatic heterocycles. The van der Waals surface area contributed by atoms with Crippen molar-refractivity contribution in [2.45, 2.75) is 44.6 Å². The normalized spacial score (nSPS) is 20.3. The van der Waals surface area contributed by atoms with Gasteiger partial charge in [-0.1, -0.05) is 23.4 Å². The van der Waals surface area contributed by atoms with Crippen molar-refractivity contribution >= 4 is 16.8 Å². The van der Waals surface area contributed by atoms with E-state index in [4.69, 9.17) is 4.52 Å². The Morgan fingerprint density at radius 3 is 2.96 bits per heavy atom. The van der Waals surface area contributed by atoms with Crippen molar-refractivity contribution in [1.29, 1.82) is 0 Å². The predicted octanol–water partition coefficient (Wildman–Crippen LogP) is 3.38. The molecule has 1 aromatic carbocycles. The summed E-state index contributed by atoms with van der Waals surface area (Å²) in [5.41, 5.74) is 1.11. The molecular formula is C21H24N4O2. The fourth-order valence-electron chi connectivity index (χ4n) is 4.09. The molecule has 1 atom stereocenters. The van der Waals surface area contributed by atoms with E-state index in [1.54, 1.807) is 0 Å². The molecule has 0 bridgehead atoms. The van der Waals surface area contributed by atoms with E-state index < -0.39 is 0 Å². The van der Waals surface area contributed by atoms with Crippen molar-refractivity contribution in [3.63, 3.8) is 0 Å². The first-order valence-corrected chi connectivity index (χ1v) is 9.90. The summed E-state index contributed by atoms with van der Waals surface area (Å²) in [5.74, 6) is 2.70. The van der Waals surface area contributed by atoms with E-state index in [-0.39, 0.29) is 5.91 Å². The van der Waals surface area contributed by atoms with Crippen LogP contribution in [0.3, 0.4) is 0 Å². The lowest BCUT2D eigenvalue weighted by Crippen LogP contribution is -2.42. The molecule has 0 spiro atoms. The lowest BCUT2D eigenvalue weighted by Gasteiger charge is -2.32. The van der Waals surface area contributed by atoms with Gasteiger partial charge in [0.15, 0.2) is 5.82 Å². The van der Waals surface area contributed by atoms with Crippen LogP contribution in [0.5, 0.6) is 0 Å². The maximum atomic E-state index is 12.9. The molecule has 2 fully saturated rings. The van der Waals surface area contributed by atoms with E-state index >= 15 is 0 Å². The van der Waals surface area contributed by atoms with Crippen LogP contribution in [0.4, 0.5) is 0 Å². The summed E-state index contributed by atoms with van der Waals surface area (Å²) in [4.78, 5) is 19.4. The van der Waals surface area contributed by atoms with Crippen LogP contribution in [-0.4, -0.2) is 38.6 Å². The van der Waals surface area contributed by atoms with Gasteiger partial charge >= 0.3 is 0 Å². The van der Waals surface area contributed by atoms with Crippen molar-refractivity contribution in [3.8, 4) is 0 Å². The van der Waals surface area contributed by atoms with Crippen molar-refractivity contribution in [3.05, 3.63) is 48.2 Å². The first-order valence-electron chi connectivity index (χ1n) is 9.90. The average Bonchev–Trinajstić information content (AvgIpc) is 3.32. The van der Waals surface area contributed by atoms with Gasteiger partial charge in [-0.2, -0.15) is 4.98 Å². The number of nitrogens with zero attached hydrogens (tertiary/aromatic N) is 4. The number of carbonyl (C=O) groups excluding carboxylic acids is 1. The number of carbonyl (C=O) groups is 1. The second-order valence-corrected chi connectivity index (χ2v) is 7.88. The minimum atomic E-state index is 0.185. The highest BCUT2D eigenvalue weighted by molar-refractivity contribution is 5.83. The summed E-state index contributed by atoms with van der Waals surface area (Å²) in [7, 11) is 0. The number of amides is 1. The number of likely N-dealkylation sites (tertiary alicyclic amines) is 1. The molecule has 140 valence electrons. The molecule has 1 aliphatic carbocycles. The third kappa shape index (κ3) is 3.48. The molecule has 0 N–H and O–H groups in total. The van der Waals surface area contributed by atoms with E-state index in [0.29, 0.717) is 18.4 Å². The number of rotatable bonds is 5. The van der Waals surface area contributed by atoms with Gasteiger partial charge in [0.25, 0.3) is 0 Å². The number of hydrogen-bond donors (Lipinski definition) is 0. The van der Waals surface area contributed by atoms with Crippen LogP contribution in [0.1, 0.15) is 43.3 Å². The summed E-state index contributed by atoms with van der Waals surface area (Å²) < 4.78 is 7.47. The fraction of sp³-hybridized carbons (Fsp3) is 0.476. The van der Waals surface area contributed by atoms with Gasteiger partial charge in [-0.05, 0) is 49.1 Å². The fourth-order valence-corrected chi connectivity index (χ4v) is 4.09. The SMILES string of the molecule is O=C(Cn1ccc2ccccc21)N1CCC[C@@H](Cc2nc(C3CC3)no2)C1. The van der Waals surface area contributed by atoms with Crippen molar-refractivity contribution in [1.82, 2.24) is 19.6 Å². The van der Waals surface area contributed by atoms with Crippen LogP contribution >= 0.6 is 0 Å². The molecule has 5 rings (SSSR count). The molecule has 2 aliphatic rings. The molecule has 1 aliphatic heterocycles. The van der Waals surface area contributed by atoms with Crippen LogP contribution in [0.15, 0.2) is 41.1 Å². The van der Waals surface area contributed by atoms with Crippen LogP contribution in [-0.2, 0) is 17.8 Å². The zero-order valence-corrected chi connectivity index (χ0v) is 15.4. The maximum absolute atomic E-state index is 12.9. The maximum Gasteiger partial charge on any atom is 0.242 e. The van der Waals surface area contributed by atoms with Gasteiger partial charge in [0, 0.05) is 37.1 Å².